The maximum atomic E-state index is 12.6. The Bertz CT molecular complexity index is 918. The number of ether oxygens (including phenoxy) is 1. The van der Waals surface area contributed by atoms with E-state index in [1.807, 2.05) is 12.1 Å². The number of para-hydroxylation sites is 3. The van der Waals surface area contributed by atoms with Crippen molar-refractivity contribution in [2.45, 2.75) is 13.0 Å². The van der Waals surface area contributed by atoms with Gasteiger partial charge in [-0.25, -0.2) is 0 Å². The molecule has 2 aromatic carbocycles. The van der Waals surface area contributed by atoms with Gasteiger partial charge in [-0.3, -0.25) is 19.3 Å². The van der Waals surface area contributed by atoms with Crippen molar-refractivity contribution in [1.29, 1.82) is 0 Å². The second-order valence-corrected chi connectivity index (χ2v) is 7.28. The Balaban J connectivity index is 1.65. The van der Waals surface area contributed by atoms with Gasteiger partial charge in [-0.05, 0) is 47.1 Å². The molecule has 7 nitrogen and oxygen atoms in total. The van der Waals surface area contributed by atoms with Gasteiger partial charge >= 0.3 is 0 Å². The maximum Gasteiger partial charge on any atom is 0.268 e. The van der Waals surface area contributed by atoms with E-state index in [-0.39, 0.29) is 30.8 Å². The summed E-state index contributed by atoms with van der Waals surface area (Å²) in [5, 5.41) is 2.75. The van der Waals surface area contributed by atoms with Crippen molar-refractivity contribution >= 4 is 45.0 Å². The number of carbonyl (C=O) groups is 3. The molecule has 0 saturated carbocycles. The average molecular weight is 446 g/mol. The van der Waals surface area contributed by atoms with Crippen LogP contribution in [0.3, 0.4) is 0 Å². The number of hydrogen-bond acceptors (Lipinski definition) is 4. The molecule has 0 saturated heterocycles. The molecule has 28 heavy (non-hydrogen) atoms. The van der Waals surface area contributed by atoms with Gasteiger partial charge in [-0.2, -0.15) is 0 Å². The summed E-state index contributed by atoms with van der Waals surface area (Å²) in [7, 11) is 1.53. The molecule has 1 atom stereocenters. The lowest BCUT2D eigenvalue weighted by Gasteiger charge is -2.33. The Morgan fingerprint density at radius 2 is 1.86 bits per heavy atom. The van der Waals surface area contributed by atoms with E-state index in [0.29, 0.717) is 17.1 Å². The molecule has 3 amide bonds. The summed E-state index contributed by atoms with van der Waals surface area (Å²) in [6.45, 7) is 1.35. The molecule has 8 heteroatoms. The number of nitrogens with one attached hydrogen (secondary N) is 1. The van der Waals surface area contributed by atoms with Crippen LogP contribution in [0.25, 0.3) is 0 Å². The van der Waals surface area contributed by atoms with E-state index in [9.17, 15) is 14.4 Å². The van der Waals surface area contributed by atoms with Gasteiger partial charge < -0.3 is 15.0 Å². The molecule has 1 heterocycles. The average Bonchev–Trinajstić information content (AvgIpc) is 2.67. The minimum absolute atomic E-state index is 0.129. The van der Waals surface area contributed by atoms with Crippen LogP contribution in [-0.2, 0) is 14.4 Å². The summed E-state index contributed by atoms with van der Waals surface area (Å²) < 4.78 is 6.33. The zero-order valence-corrected chi connectivity index (χ0v) is 17.1. The van der Waals surface area contributed by atoms with Gasteiger partial charge in [-0.1, -0.05) is 24.3 Å². The molecular formula is C20H20BrN3O4. The number of amides is 3. The first-order valence-electron chi connectivity index (χ1n) is 8.72. The fraction of sp³-hybridized carbons (Fsp3) is 0.250. The molecule has 0 aromatic heterocycles. The highest BCUT2D eigenvalue weighted by Gasteiger charge is 2.33. The Hall–Kier alpha value is -2.87. The second-order valence-electron chi connectivity index (χ2n) is 6.43. The number of anilines is 2. The van der Waals surface area contributed by atoms with E-state index in [2.05, 4.69) is 21.2 Å². The summed E-state index contributed by atoms with van der Waals surface area (Å²) in [5.41, 5.74) is 1.17. The second kappa shape index (κ2) is 8.43. The van der Waals surface area contributed by atoms with Crippen molar-refractivity contribution in [3.05, 3.63) is 53.0 Å². The van der Waals surface area contributed by atoms with Crippen LogP contribution in [0.5, 0.6) is 5.75 Å². The van der Waals surface area contributed by atoms with Gasteiger partial charge in [0.2, 0.25) is 11.8 Å². The predicted octanol–water partition coefficient (Wildman–Crippen LogP) is 2.66. The maximum absolute atomic E-state index is 12.6. The topological polar surface area (TPSA) is 79.0 Å². The highest BCUT2D eigenvalue weighted by molar-refractivity contribution is 9.10. The molecule has 146 valence electrons. The lowest BCUT2D eigenvalue weighted by atomic mass is 10.2. The normalized spacial score (nSPS) is 15.5. The summed E-state index contributed by atoms with van der Waals surface area (Å²) in [6.07, 6.45) is -0.674. The van der Waals surface area contributed by atoms with Gasteiger partial charge in [0.05, 0.1) is 17.9 Å². The summed E-state index contributed by atoms with van der Waals surface area (Å²) in [4.78, 5) is 40.1. The zero-order chi connectivity index (χ0) is 20.3. The molecule has 2 aromatic rings. The molecular weight excluding hydrogens is 426 g/mol. The summed E-state index contributed by atoms with van der Waals surface area (Å²) >= 11 is 3.36. The molecule has 1 N–H and O–H groups in total. The number of hydrogen-bond donors (Lipinski definition) is 1. The van der Waals surface area contributed by atoms with Crippen LogP contribution < -0.4 is 15.0 Å². The molecule has 1 aliphatic heterocycles. The smallest absolute Gasteiger partial charge is 0.268 e. The van der Waals surface area contributed by atoms with Gasteiger partial charge in [0.15, 0.2) is 6.10 Å². The Labute approximate surface area is 171 Å². The van der Waals surface area contributed by atoms with Crippen LogP contribution in [0.15, 0.2) is 53.0 Å². The standard InChI is InChI=1S/C20H20BrN3O4/c1-13-20(27)24(16-9-5-6-10-17(16)28-13)12-19(26)23(2)11-18(25)22-15-8-4-3-7-14(15)21/h3-10,13H,11-12H2,1-2H3,(H,22,25). The minimum atomic E-state index is -0.674. The molecule has 3 rings (SSSR count). The summed E-state index contributed by atoms with van der Waals surface area (Å²) in [5.74, 6) is -0.417. The van der Waals surface area contributed by atoms with Crippen LogP contribution in [0.1, 0.15) is 6.92 Å². The number of carbonyl (C=O) groups excluding carboxylic acids is 3. The monoisotopic (exact) mass is 445 g/mol. The van der Waals surface area contributed by atoms with Crippen molar-refractivity contribution in [1.82, 2.24) is 4.90 Å². The Kier molecular flexibility index (Phi) is 5.99. The van der Waals surface area contributed by atoms with E-state index >= 15 is 0 Å². The Morgan fingerprint density at radius 3 is 2.61 bits per heavy atom. The van der Waals surface area contributed by atoms with E-state index < -0.39 is 6.10 Å². The van der Waals surface area contributed by atoms with Crippen LogP contribution in [0, 0.1) is 0 Å². The fourth-order valence-corrected chi connectivity index (χ4v) is 3.22. The molecule has 0 aliphatic carbocycles. The number of likely N-dealkylation sites (N-methyl/N-ethyl adjacent to an activating group) is 1. The van der Waals surface area contributed by atoms with Crippen molar-refractivity contribution in [2.24, 2.45) is 0 Å². The van der Waals surface area contributed by atoms with Crippen LogP contribution in [0.4, 0.5) is 11.4 Å². The van der Waals surface area contributed by atoms with Gasteiger partial charge in [-0.15, -0.1) is 0 Å². The third kappa shape index (κ3) is 4.33. The minimum Gasteiger partial charge on any atom is -0.479 e. The van der Waals surface area contributed by atoms with Crippen molar-refractivity contribution in [3.8, 4) is 5.75 Å². The van der Waals surface area contributed by atoms with Crippen LogP contribution >= 0.6 is 15.9 Å². The first kappa shape index (κ1) is 19.9. The molecule has 0 fully saturated rings. The van der Waals surface area contributed by atoms with Crippen LogP contribution in [0.2, 0.25) is 0 Å². The van der Waals surface area contributed by atoms with Crippen molar-refractivity contribution < 1.29 is 19.1 Å². The SMILES string of the molecule is CC1Oc2ccccc2N(CC(=O)N(C)CC(=O)Nc2ccccc2Br)C1=O. The highest BCUT2D eigenvalue weighted by atomic mass is 79.9. The van der Waals surface area contributed by atoms with Crippen molar-refractivity contribution in [3.63, 3.8) is 0 Å². The first-order chi connectivity index (χ1) is 13.4. The largest absolute Gasteiger partial charge is 0.479 e. The van der Waals surface area contributed by atoms with Gasteiger partial charge in [0.1, 0.15) is 12.3 Å². The lowest BCUT2D eigenvalue weighted by molar-refractivity contribution is -0.134. The van der Waals surface area contributed by atoms with Gasteiger partial charge in [0, 0.05) is 11.5 Å². The number of nitrogens with zero attached hydrogens (tertiary/aromatic N) is 2. The number of fused-ring (bicyclic) bond motifs is 1. The number of rotatable bonds is 5. The lowest BCUT2D eigenvalue weighted by Crippen LogP contribution is -2.49. The third-order valence-corrected chi connectivity index (χ3v) is 5.01. The van der Waals surface area contributed by atoms with E-state index in [4.69, 9.17) is 4.74 Å². The van der Waals surface area contributed by atoms with E-state index in [1.54, 1.807) is 43.3 Å². The molecule has 0 spiro atoms. The molecule has 0 radical (unpaired) electrons. The predicted molar refractivity (Wildman–Crippen MR) is 109 cm³/mol. The zero-order valence-electron chi connectivity index (χ0n) is 15.5. The quantitative estimate of drug-likeness (QED) is 0.766. The van der Waals surface area contributed by atoms with Crippen molar-refractivity contribution in [2.75, 3.05) is 30.4 Å². The van der Waals surface area contributed by atoms with E-state index in [0.717, 1.165) is 4.47 Å². The summed E-state index contributed by atoms with van der Waals surface area (Å²) in [6, 6.07) is 14.3. The first-order valence-corrected chi connectivity index (χ1v) is 9.51. The molecule has 1 aliphatic rings. The van der Waals surface area contributed by atoms with E-state index in [1.165, 1.54) is 16.8 Å². The third-order valence-electron chi connectivity index (χ3n) is 4.32. The number of halogens is 1. The fourth-order valence-electron chi connectivity index (χ4n) is 2.83. The number of benzene rings is 2. The van der Waals surface area contributed by atoms with Crippen LogP contribution in [-0.4, -0.2) is 48.9 Å². The Morgan fingerprint density at radius 1 is 1.18 bits per heavy atom. The molecule has 0 bridgehead atoms. The molecule has 1 unspecified atom stereocenters. The van der Waals surface area contributed by atoms with Gasteiger partial charge in [0.25, 0.3) is 5.91 Å². The highest BCUT2D eigenvalue weighted by Crippen LogP contribution is 2.33.